The first kappa shape index (κ1) is 11.8. The van der Waals surface area contributed by atoms with Crippen LogP contribution in [0.2, 0.25) is 0 Å². The van der Waals surface area contributed by atoms with E-state index in [2.05, 4.69) is 15.9 Å². The van der Waals surface area contributed by atoms with Crippen LogP contribution < -0.4 is 10.2 Å². The minimum atomic E-state index is -0.209. The fourth-order valence-corrected chi connectivity index (χ4v) is 2.44. The second-order valence-corrected chi connectivity index (χ2v) is 4.75. The molecular weight excluding hydrogens is 240 g/mol. The zero-order valence-electron chi connectivity index (χ0n) is 10.4. The van der Waals surface area contributed by atoms with E-state index in [9.17, 15) is 9.59 Å². The van der Waals surface area contributed by atoms with Crippen LogP contribution in [0.3, 0.4) is 0 Å². The normalized spacial score (nSPS) is 21.9. The van der Waals surface area contributed by atoms with Crippen molar-refractivity contribution < 1.29 is 9.59 Å². The lowest BCUT2D eigenvalue weighted by Crippen LogP contribution is -2.39. The van der Waals surface area contributed by atoms with Gasteiger partial charge in [0.25, 0.3) is 0 Å². The van der Waals surface area contributed by atoms with Crippen LogP contribution in [-0.2, 0) is 9.59 Å². The van der Waals surface area contributed by atoms with E-state index in [1.54, 1.807) is 0 Å². The molecule has 2 aliphatic heterocycles. The van der Waals surface area contributed by atoms with E-state index in [0.717, 1.165) is 17.8 Å². The van der Waals surface area contributed by atoms with E-state index in [4.69, 9.17) is 0 Å². The summed E-state index contributed by atoms with van der Waals surface area (Å²) in [5, 5.41) is 2.39. The Labute approximate surface area is 111 Å². The van der Waals surface area contributed by atoms with Crippen LogP contribution in [0.25, 0.3) is 0 Å². The molecule has 96 valence electrons. The minimum Gasteiger partial charge on any atom is -0.337 e. The summed E-state index contributed by atoms with van der Waals surface area (Å²) >= 11 is 0. The van der Waals surface area contributed by atoms with Gasteiger partial charge in [-0.1, -0.05) is 12.1 Å². The lowest BCUT2D eigenvalue weighted by Gasteiger charge is -2.22. The lowest BCUT2D eigenvalue weighted by molar-refractivity contribution is -0.134. The van der Waals surface area contributed by atoms with Gasteiger partial charge in [0.15, 0.2) is 0 Å². The number of hydrogen-bond acceptors (Lipinski definition) is 3. The molecule has 1 N–H and O–H groups in total. The summed E-state index contributed by atoms with van der Waals surface area (Å²) < 4.78 is 0. The van der Waals surface area contributed by atoms with Crippen molar-refractivity contribution in [1.82, 2.24) is 5.32 Å². The van der Waals surface area contributed by atoms with Gasteiger partial charge in [-0.2, -0.15) is 0 Å². The van der Waals surface area contributed by atoms with Gasteiger partial charge in [0.1, 0.15) is 0 Å². The summed E-state index contributed by atoms with van der Waals surface area (Å²) in [6, 6.07) is 7.91. The molecule has 0 aromatic heterocycles. The summed E-state index contributed by atoms with van der Waals surface area (Å²) in [7, 11) is 0. The van der Waals surface area contributed by atoms with Crippen molar-refractivity contribution in [1.29, 1.82) is 0 Å². The van der Waals surface area contributed by atoms with Gasteiger partial charge < -0.3 is 4.90 Å². The Morgan fingerprint density at radius 2 is 2.00 bits per heavy atom. The van der Waals surface area contributed by atoms with Gasteiger partial charge in [-0.25, -0.2) is 0 Å². The molecular formula is C15H14N2O2. The molecule has 0 saturated carbocycles. The molecule has 2 amide bonds. The van der Waals surface area contributed by atoms with E-state index >= 15 is 0 Å². The number of nitrogens with one attached hydrogen (secondary N) is 1. The highest BCUT2D eigenvalue weighted by molar-refractivity contribution is 6.00. The molecule has 0 spiro atoms. The SMILES string of the molecule is O=C1CCC(c2ccc(N3C=C=CC3)cc2)C(=O)N1. The van der Waals surface area contributed by atoms with Crippen LogP contribution in [0.5, 0.6) is 0 Å². The third-order valence-corrected chi connectivity index (χ3v) is 3.50. The van der Waals surface area contributed by atoms with Gasteiger partial charge in [-0.3, -0.25) is 14.9 Å². The van der Waals surface area contributed by atoms with Crippen molar-refractivity contribution >= 4 is 17.5 Å². The molecule has 4 heteroatoms. The predicted molar refractivity (Wildman–Crippen MR) is 71.6 cm³/mol. The first-order valence-electron chi connectivity index (χ1n) is 6.35. The number of amides is 2. The summed E-state index contributed by atoms with van der Waals surface area (Å²) in [5.41, 5.74) is 5.08. The highest BCUT2D eigenvalue weighted by Gasteiger charge is 2.27. The van der Waals surface area contributed by atoms with Crippen LogP contribution >= 0.6 is 0 Å². The Hall–Kier alpha value is -2.32. The predicted octanol–water partition coefficient (Wildman–Crippen LogP) is 1.70. The monoisotopic (exact) mass is 254 g/mol. The van der Waals surface area contributed by atoms with Crippen molar-refractivity contribution in [2.45, 2.75) is 18.8 Å². The zero-order chi connectivity index (χ0) is 13.2. The molecule has 0 radical (unpaired) electrons. The maximum absolute atomic E-state index is 11.8. The number of nitrogens with zero attached hydrogens (tertiary/aromatic N) is 1. The number of anilines is 1. The molecule has 1 saturated heterocycles. The van der Waals surface area contributed by atoms with Crippen molar-refractivity contribution in [2.24, 2.45) is 0 Å². The second kappa shape index (κ2) is 4.75. The van der Waals surface area contributed by atoms with Crippen molar-refractivity contribution in [3.05, 3.63) is 47.8 Å². The summed E-state index contributed by atoms with van der Waals surface area (Å²) in [5.74, 6) is -0.572. The molecule has 1 unspecified atom stereocenters. The Bertz CT molecular complexity index is 583. The number of rotatable bonds is 2. The van der Waals surface area contributed by atoms with Crippen LogP contribution in [0.1, 0.15) is 24.3 Å². The molecule has 1 aromatic rings. The molecule has 2 aliphatic rings. The number of piperidine rings is 1. The molecule has 19 heavy (non-hydrogen) atoms. The number of carbonyl (C=O) groups excluding carboxylic acids is 2. The maximum Gasteiger partial charge on any atom is 0.234 e. The Kier molecular flexibility index (Phi) is 2.94. The molecule has 3 rings (SSSR count). The third kappa shape index (κ3) is 2.30. The van der Waals surface area contributed by atoms with Crippen LogP contribution in [0, 0.1) is 0 Å². The van der Waals surface area contributed by atoms with E-state index in [0.29, 0.717) is 12.8 Å². The molecule has 0 bridgehead atoms. The standard InChI is InChI=1S/C15H14N2O2/c18-14-8-7-13(15(19)16-14)11-3-5-12(6-4-11)17-9-1-2-10-17/h1,3-6,10,13H,7-9H2,(H,16,18,19). The van der Waals surface area contributed by atoms with Gasteiger partial charge >= 0.3 is 0 Å². The fraction of sp³-hybridized carbons (Fsp3) is 0.267. The van der Waals surface area contributed by atoms with Gasteiger partial charge in [0, 0.05) is 24.9 Å². The number of imide groups is 1. The molecule has 0 aliphatic carbocycles. The highest BCUT2D eigenvalue weighted by Crippen LogP contribution is 2.27. The second-order valence-electron chi connectivity index (χ2n) is 4.75. The molecule has 2 heterocycles. The number of hydrogen-bond donors (Lipinski definition) is 1. The molecule has 1 fully saturated rings. The Morgan fingerprint density at radius 3 is 2.63 bits per heavy atom. The highest BCUT2D eigenvalue weighted by atomic mass is 16.2. The van der Waals surface area contributed by atoms with Crippen LogP contribution in [0.15, 0.2) is 42.3 Å². The van der Waals surface area contributed by atoms with E-state index in [1.807, 2.05) is 36.5 Å². The van der Waals surface area contributed by atoms with Crippen molar-refractivity contribution in [3.8, 4) is 0 Å². The number of benzene rings is 1. The Balaban J connectivity index is 1.77. The van der Waals surface area contributed by atoms with Gasteiger partial charge in [0.05, 0.1) is 5.92 Å². The molecule has 1 aromatic carbocycles. The average Bonchev–Trinajstić information content (AvgIpc) is 2.93. The van der Waals surface area contributed by atoms with E-state index in [-0.39, 0.29) is 17.7 Å². The largest absolute Gasteiger partial charge is 0.337 e. The quantitative estimate of drug-likeness (QED) is 0.645. The summed E-state index contributed by atoms with van der Waals surface area (Å²) in [6.45, 7) is 0.831. The smallest absolute Gasteiger partial charge is 0.234 e. The Morgan fingerprint density at radius 1 is 1.21 bits per heavy atom. The molecule has 4 nitrogen and oxygen atoms in total. The van der Waals surface area contributed by atoms with Crippen LogP contribution in [0.4, 0.5) is 5.69 Å². The lowest BCUT2D eigenvalue weighted by atomic mass is 9.90. The summed E-state index contributed by atoms with van der Waals surface area (Å²) in [6.07, 6.45) is 4.88. The van der Waals surface area contributed by atoms with Crippen molar-refractivity contribution in [2.75, 3.05) is 11.4 Å². The van der Waals surface area contributed by atoms with Gasteiger partial charge in [-0.05, 0) is 30.2 Å². The van der Waals surface area contributed by atoms with Crippen LogP contribution in [-0.4, -0.2) is 18.4 Å². The van der Waals surface area contributed by atoms with E-state index in [1.165, 1.54) is 0 Å². The average molecular weight is 254 g/mol. The molecule has 1 atom stereocenters. The first-order valence-corrected chi connectivity index (χ1v) is 6.35. The van der Waals surface area contributed by atoms with E-state index < -0.39 is 0 Å². The summed E-state index contributed by atoms with van der Waals surface area (Å²) in [4.78, 5) is 25.0. The minimum absolute atomic E-state index is 0.175. The van der Waals surface area contributed by atoms with Gasteiger partial charge in [-0.15, -0.1) is 5.73 Å². The van der Waals surface area contributed by atoms with Crippen molar-refractivity contribution in [3.63, 3.8) is 0 Å². The van der Waals surface area contributed by atoms with Gasteiger partial charge in [0.2, 0.25) is 11.8 Å². The topological polar surface area (TPSA) is 49.4 Å². The fourth-order valence-electron chi connectivity index (χ4n) is 2.44. The zero-order valence-corrected chi connectivity index (χ0v) is 10.4. The first-order chi connectivity index (χ1) is 9.24. The maximum atomic E-state index is 11.8. The number of carbonyl (C=O) groups is 2. The third-order valence-electron chi connectivity index (χ3n) is 3.50.